The summed E-state index contributed by atoms with van der Waals surface area (Å²) < 4.78 is 0. The number of fused-ring (bicyclic) bond motifs is 3. The fraction of sp³-hybridized carbons (Fsp3) is 0.500. The molecule has 0 unspecified atom stereocenters. The average molecular weight is 240 g/mol. The SMILES string of the molecule is c1cc2c3c(ccc2[nH]1)CC[C@H](N1CCCC1)C3. The summed E-state index contributed by atoms with van der Waals surface area (Å²) in [5.74, 6) is 0. The maximum atomic E-state index is 3.34. The summed E-state index contributed by atoms with van der Waals surface area (Å²) in [7, 11) is 0. The summed E-state index contributed by atoms with van der Waals surface area (Å²) in [6.45, 7) is 2.65. The summed E-state index contributed by atoms with van der Waals surface area (Å²) in [5, 5.41) is 1.45. The van der Waals surface area contributed by atoms with Gasteiger partial charge in [-0.1, -0.05) is 6.07 Å². The molecule has 2 heteroatoms. The van der Waals surface area contributed by atoms with Crippen molar-refractivity contribution in [3.63, 3.8) is 0 Å². The number of likely N-dealkylation sites (tertiary alicyclic amines) is 1. The van der Waals surface area contributed by atoms with E-state index < -0.39 is 0 Å². The molecule has 0 radical (unpaired) electrons. The molecular weight excluding hydrogens is 220 g/mol. The highest BCUT2D eigenvalue weighted by atomic mass is 15.2. The lowest BCUT2D eigenvalue weighted by Crippen LogP contribution is -2.37. The molecule has 4 rings (SSSR count). The van der Waals surface area contributed by atoms with Crippen LogP contribution in [-0.4, -0.2) is 29.0 Å². The van der Waals surface area contributed by atoms with Gasteiger partial charge in [0.2, 0.25) is 0 Å². The number of hydrogen-bond donors (Lipinski definition) is 1. The molecule has 1 atom stereocenters. The zero-order valence-corrected chi connectivity index (χ0v) is 10.8. The highest BCUT2D eigenvalue weighted by molar-refractivity contribution is 5.84. The molecule has 1 aliphatic heterocycles. The van der Waals surface area contributed by atoms with Crippen LogP contribution < -0.4 is 0 Å². The predicted molar refractivity (Wildman–Crippen MR) is 74.9 cm³/mol. The molecule has 0 amide bonds. The number of aromatic amines is 1. The van der Waals surface area contributed by atoms with Crippen molar-refractivity contribution < 1.29 is 0 Å². The Labute approximate surface area is 108 Å². The number of nitrogens with zero attached hydrogens (tertiary/aromatic N) is 1. The van der Waals surface area contributed by atoms with Gasteiger partial charge in [0.25, 0.3) is 0 Å². The average Bonchev–Trinajstić information content (AvgIpc) is 3.09. The minimum atomic E-state index is 0.792. The molecule has 2 nitrogen and oxygen atoms in total. The lowest BCUT2D eigenvalue weighted by molar-refractivity contribution is 0.222. The minimum Gasteiger partial charge on any atom is -0.361 e. The van der Waals surface area contributed by atoms with Gasteiger partial charge in [0.05, 0.1) is 0 Å². The number of aryl methyl sites for hydroxylation is 1. The van der Waals surface area contributed by atoms with Crippen molar-refractivity contribution in [3.05, 3.63) is 35.5 Å². The molecule has 18 heavy (non-hydrogen) atoms. The topological polar surface area (TPSA) is 19.0 Å². The smallest absolute Gasteiger partial charge is 0.0456 e. The first kappa shape index (κ1) is 10.6. The molecule has 1 fully saturated rings. The van der Waals surface area contributed by atoms with E-state index in [1.165, 1.54) is 56.1 Å². The number of aromatic nitrogens is 1. The van der Waals surface area contributed by atoms with Crippen LogP contribution in [0, 0.1) is 0 Å². The molecule has 2 aromatic rings. The molecule has 94 valence electrons. The maximum Gasteiger partial charge on any atom is 0.0456 e. The highest BCUT2D eigenvalue weighted by Crippen LogP contribution is 2.31. The van der Waals surface area contributed by atoms with Crippen LogP contribution in [0.4, 0.5) is 0 Å². The van der Waals surface area contributed by atoms with E-state index in [2.05, 4.69) is 34.3 Å². The first-order chi connectivity index (χ1) is 8.92. The Hall–Kier alpha value is -1.28. The van der Waals surface area contributed by atoms with E-state index in [1.54, 1.807) is 11.1 Å². The summed E-state index contributed by atoms with van der Waals surface area (Å²) >= 11 is 0. The van der Waals surface area contributed by atoms with Gasteiger partial charge in [-0.05, 0) is 68.5 Å². The Morgan fingerprint density at radius 3 is 2.89 bits per heavy atom. The second kappa shape index (κ2) is 4.13. The Bertz CT molecular complexity index is 563. The van der Waals surface area contributed by atoms with Crippen LogP contribution in [0.15, 0.2) is 24.4 Å². The van der Waals surface area contributed by atoms with Crippen molar-refractivity contribution in [2.75, 3.05) is 13.1 Å². The number of H-pyrrole nitrogens is 1. The molecule has 1 aromatic heterocycles. The second-order valence-electron chi connectivity index (χ2n) is 5.78. The van der Waals surface area contributed by atoms with Gasteiger partial charge in [0.15, 0.2) is 0 Å². The largest absolute Gasteiger partial charge is 0.361 e. The van der Waals surface area contributed by atoms with Gasteiger partial charge in [-0.3, -0.25) is 0 Å². The fourth-order valence-electron chi connectivity index (χ4n) is 3.79. The first-order valence-electron chi connectivity index (χ1n) is 7.24. The van der Waals surface area contributed by atoms with Crippen molar-refractivity contribution in [1.29, 1.82) is 0 Å². The zero-order chi connectivity index (χ0) is 11.9. The molecule has 0 bridgehead atoms. The third-order valence-electron chi connectivity index (χ3n) is 4.79. The number of nitrogens with one attached hydrogen (secondary N) is 1. The molecular formula is C16H20N2. The highest BCUT2D eigenvalue weighted by Gasteiger charge is 2.27. The molecule has 1 aromatic carbocycles. The Morgan fingerprint density at radius 1 is 1.11 bits per heavy atom. The standard InChI is InChI=1S/C16H20N2/c1-2-10-18(9-1)13-5-3-12-4-6-16-14(7-8-17-16)15(12)11-13/h4,6-8,13,17H,1-3,5,9-11H2/t13-/m0/s1. The fourth-order valence-corrected chi connectivity index (χ4v) is 3.79. The molecule has 2 aliphatic rings. The van der Waals surface area contributed by atoms with Crippen LogP contribution in [0.25, 0.3) is 10.9 Å². The van der Waals surface area contributed by atoms with Gasteiger partial charge >= 0.3 is 0 Å². The molecule has 2 heterocycles. The van der Waals surface area contributed by atoms with Crippen LogP contribution in [0.2, 0.25) is 0 Å². The van der Waals surface area contributed by atoms with Gasteiger partial charge in [0, 0.05) is 23.1 Å². The van der Waals surface area contributed by atoms with Crippen LogP contribution >= 0.6 is 0 Å². The van der Waals surface area contributed by atoms with Crippen LogP contribution in [-0.2, 0) is 12.8 Å². The van der Waals surface area contributed by atoms with Crippen LogP contribution in [0.3, 0.4) is 0 Å². The summed E-state index contributed by atoms with van der Waals surface area (Å²) in [5.41, 5.74) is 4.49. The molecule has 0 spiro atoms. The van der Waals surface area contributed by atoms with Crippen LogP contribution in [0.5, 0.6) is 0 Å². The molecule has 1 saturated heterocycles. The van der Waals surface area contributed by atoms with E-state index >= 15 is 0 Å². The monoisotopic (exact) mass is 240 g/mol. The second-order valence-corrected chi connectivity index (χ2v) is 5.78. The van der Waals surface area contributed by atoms with E-state index in [9.17, 15) is 0 Å². The maximum absolute atomic E-state index is 3.34. The van der Waals surface area contributed by atoms with Gasteiger partial charge in [0.1, 0.15) is 0 Å². The molecule has 1 aliphatic carbocycles. The summed E-state index contributed by atoms with van der Waals surface area (Å²) in [4.78, 5) is 6.06. The summed E-state index contributed by atoms with van der Waals surface area (Å²) in [6, 6.07) is 7.61. The summed E-state index contributed by atoms with van der Waals surface area (Å²) in [6.07, 6.45) is 8.74. The van der Waals surface area contributed by atoms with Crippen molar-refractivity contribution in [2.45, 2.75) is 38.1 Å². The van der Waals surface area contributed by atoms with Gasteiger partial charge in [-0.25, -0.2) is 0 Å². The quantitative estimate of drug-likeness (QED) is 0.811. The predicted octanol–water partition coefficient (Wildman–Crippen LogP) is 3.12. The van der Waals surface area contributed by atoms with Crippen molar-refractivity contribution >= 4 is 10.9 Å². The van der Waals surface area contributed by atoms with E-state index in [0.29, 0.717) is 0 Å². The number of hydrogen-bond acceptors (Lipinski definition) is 1. The van der Waals surface area contributed by atoms with Gasteiger partial charge in [-0.15, -0.1) is 0 Å². The third kappa shape index (κ3) is 1.59. The Balaban J connectivity index is 1.71. The van der Waals surface area contributed by atoms with Crippen molar-refractivity contribution in [2.24, 2.45) is 0 Å². The molecule has 0 saturated carbocycles. The number of benzene rings is 1. The van der Waals surface area contributed by atoms with E-state index in [-0.39, 0.29) is 0 Å². The third-order valence-corrected chi connectivity index (χ3v) is 4.79. The van der Waals surface area contributed by atoms with E-state index in [1.807, 2.05) is 0 Å². The zero-order valence-electron chi connectivity index (χ0n) is 10.8. The van der Waals surface area contributed by atoms with E-state index in [4.69, 9.17) is 0 Å². The van der Waals surface area contributed by atoms with Gasteiger partial charge < -0.3 is 9.88 Å². The first-order valence-corrected chi connectivity index (χ1v) is 7.24. The normalized spacial score (nSPS) is 24.6. The Morgan fingerprint density at radius 2 is 2.00 bits per heavy atom. The molecule has 1 N–H and O–H groups in total. The lowest BCUT2D eigenvalue weighted by Gasteiger charge is -2.32. The van der Waals surface area contributed by atoms with Crippen molar-refractivity contribution in [3.8, 4) is 0 Å². The minimum absolute atomic E-state index is 0.792. The van der Waals surface area contributed by atoms with E-state index in [0.717, 1.165) is 6.04 Å². The van der Waals surface area contributed by atoms with Crippen molar-refractivity contribution in [1.82, 2.24) is 9.88 Å². The Kier molecular flexibility index (Phi) is 2.44. The number of rotatable bonds is 1. The lowest BCUT2D eigenvalue weighted by atomic mass is 9.85. The van der Waals surface area contributed by atoms with Gasteiger partial charge in [-0.2, -0.15) is 0 Å². The van der Waals surface area contributed by atoms with Crippen LogP contribution in [0.1, 0.15) is 30.4 Å².